The van der Waals surface area contributed by atoms with E-state index in [2.05, 4.69) is 22.4 Å². The first-order valence-corrected chi connectivity index (χ1v) is 8.91. The standard InChI is InChI=1S/C18H24N4O4/c1-3-5-16-20-18(26-21-16)12-22(4-2)11-17(23)19-13-6-7-14-15(10-13)25-9-8-24-14/h6-7,10H,3-5,8-9,11-12H2,1-2H3,(H,19,23). The van der Waals surface area contributed by atoms with E-state index in [1.165, 1.54) is 0 Å². The van der Waals surface area contributed by atoms with Gasteiger partial charge < -0.3 is 19.3 Å². The van der Waals surface area contributed by atoms with Crippen molar-refractivity contribution in [3.05, 3.63) is 29.9 Å². The third-order valence-electron chi connectivity index (χ3n) is 3.98. The quantitative estimate of drug-likeness (QED) is 0.772. The van der Waals surface area contributed by atoms with Gasteiger partial charge in [0.05, 0.1) is 13.1 Å². The predicted molar refractivity (Wildman–Crippen MR) is 95.3 cm³/mol. The number of aromatic nitrogens is 2. The number of likely N-dealkylation sites (N-methyl/N-ethyl adjacent to an activating group) is 1. The summed E-state index contributed by atoms with van der Waals surface area (Å²) in [4.78, 5) is 18.6. The van der Waals surface area contributed by atoms with Crippen LogP contribution in [0, 0.1) is 0 Å². The molecule has 1 aromatic heterocycles. The van der Waals surface area contributed by atoms with E-state index in [1.54, 1.807) is 18.2 Å². The Balaban J connectivity index is 1.55. The Morgan fingerprint density at radius 1 is 1.23 bits per heavy atom. The highest BCUT2D eigenvalue weighted by atomic mass is 16.6. The summed E-state index contributed by atoms with van der Waals surface area (Å²) in [5.74, 6) is 2.47. The van der Waals surface area contributed by atoms with Gasteiger partial charge in [-0.2, -0.15) is 4.98 Å². The van der Waals surface area contributed by atoms with Gasteiger partial charge in [-0.05, 0) is 25.1 Å². The van der Waals surface area contributed by atoms with E-state index in [-0.39, 0.29) is 12.5 Å². The molecule has 1 N–H and O–H groups in total. The molecule has 140 valence electrons. The van der Waals surface area contributed by atoms with Crippen LogP contribution in [0.4, 0.5) is 5.69 Å². The number of carbonyl (C=O) groups is 1. The van der Waals surface area contributed by atoms with Crippen LogP contribution in [0.15, 0.2) is 22.7 Å². The Kier molecular flexibility index (Phi) is 6.06. The number of carbonyl (C=O) groups excluding carboxylic acids is 1. The molecule has 2 heterocycles. The lowest BCUT2D eigenvalue weighted by atomic mass is 10.2. The molecule has 3 rings (SSSR count). The highest BCUT2D eigenvalue weighted by molar-refractivity contribution is 5.92. The number of hydrogen-bond donors (Lipinski definition) is 1. The Hall–Kier alpha value is -2.61. The van der Waals surface area contributed by atoms with Gasteiger partial charge in [-0.3, -0.25) is 9.69 Å². The fourth-order valence-corrected chi connectivity index (χ4v) is 2.68. The molecule has 26 heavy (non-hydrogen) atoms. The second-order valence-corrected chi connectivity index (χ2v) is 6.06. The Labute approximate surface area is 152 Å². The van der Waals surface area contributed by atoms with Crippen molar-refractivity contribution in [2.75, 3.05) is 31.6 Å². The van der Waals surface area contributed by atoms with Crippen molar-refractivity contribution in [2.24, 2.45) is 0 Å². The molecule has 1 aliphatic rings. The molecular weight excluding hydrogens is 336 g/mol. The summed E-state index contributed by atoms with van der Waals surface area (Å²) in [6.45, 7) is 6.48. The fourth-order valence-electron chi connectivity index (χ4n) is 2.68. The van der Waals surface area contributed by atoms with Crippen LogP contribution in [-0.2, 0) is 17.8 Å². The van der Waals surface area contributed by atoms with E-state index in [0.717, 1.165) is 12.8 Å². The molecule has 2 aromatic rings. The average Bonchev–Trinajstić information content (AvgIpc) is 3.08. The van der Waals surface area contributed by atoms with Crippen molar-refractivity contribution in [2.45, 2.75) is 33.2 Å². The minimum absolute atomic E-state index is 0.114. The molecule has 1 aliphatic heterocycles. The molecule has 0 bridgehead atoms. The number of amides is 1. The second kappa shape index (κ2) is 8.66. The molecule has 0 atom stereocenters. The first-order chi connectivity index (χ1) is 12.7. The van der Waals surface area contributed by atoms with Crippen molar-refractivity contribution < 1.29 is 18.8 Å². The molecule has 0 saturated carbocycles. The number of hydrogen-bond acceptors (Lipinski definition) is 7. The minimum Gasteiger partial charge on any atom is -0.486 e. The summed E-state index contributed by atoms with van der Waals surface area (Å²) in [7, 11) is 0. The van der Waals surface area contributed by atoms with Crippen LogP contribution >= 0.6 is 0 Å². The Morgan fingerprint density at radius 3 is 2.81 bits per heavy atom. The third kappa shape index (κ3) is 4.72. The van der Waals surface area contributed by atoms with Gasteiger partial charge in [-0.15, -0.1) is 0 Å². The van der Waals surface area contributed by atoms with Gasteiger partial charge >= 0.3 is 0 Å². The zero-order valence-electron chi connectivity index (χ0n) is 15.2. The summed E-state index contributed by atoms with van der Waals surface area (Å²) in [6, 6.07) is 5.38. The zero-order chi connectivity index (χ0) is 18.4. The third-order valence-corrected chi connectivity index (χ3v) is 3.98. The van der Waals surface area contributed by atoms with Gasteiger partial charge in [-0.25, -0.2) is 0 Å². The van der Waals surface area contributed by atoms with Crippen LogP contribution in [0.25, 0.3) is 0 Å². The van der Waals surface area contributed by atoms with Crippen LogP contribution < -0.4 is 14.8 Å². The lowest BCUT2D eigenvalue weighted by molar-refractivity contribution is -0.117. The van der Waals surface area contributed by atoms with Gasteiger partial charge in [0.1, 0.15) is 13.2 Å². The van der Waals surface area contributed by atoms with E-state index in [4.69, 9.17) is 14.0 Å². The number of nitrogens with zero attached hydrogens (tertiary/aromatic N) is 3. The Bertz CT molecular complexity index is 747. The summed E-state index contributed by atoms with van der Waals surface area (Å²) >= 11 is 0. The van der Waals surface area contributed by atoms with E-state index in [9.17, 15) is 4.79 Å². The van der Waals surface area contributed by atoms with Gasteiger partial charge in [0.15, 0.2) is 17.3 Å². The predicted octanol–water partition coefficient (Wildman–Crippen LogP) is 2.25. The fraction of sp³-hybridized carbons (Fsp3) is 0.500. The van der Waals surface area contributed by atoms with Gasteiger partial charge in [-0.1, -0.05) is 19.0 Å². The maximum absolute atomic E-state index is 12.4. The van der Waals surface area contributed by atoms with E-state index >= 15 is 0 Å². The summed E-state index contributed by atoms with van der Waals surface area (Å²) in [6.07, 6.45) is 1.76. The lowest BCUT2D eigenvalue weighted by Gasteiger charge is -2.20. The monoisotopic (exact) mass is 360 g/mol. The number of benzene rings is 1. The van der Waals surface area contributed by atoms with Crippen molar-refractivity contribution in [1.29, 1.82) is 0 Å². The van der Waals surface area contributed by atoms with Gasteiger partial charge in [0, 0.05) is 18.2 Å². The molecule has 0 radical (unpaired) electrons. The highest BCUT2D eigenvalue weighted by Gasteiger charge is 2.16. The number of aryl methyl sites for hydroxylation is 1. The maximum Gasteiger partial charge on any atom is 0.240 e. The topological polar surface area (TPSA) is 89.7 Å². The van der Waals surface area contributed by atoms with Crippen LogP contribution in [0.2, 0.25) is 0 Å². The van der Waals surface area contributed by atoms with Crippen LogP contribution in [0.1, 0.15) is 32.0 Å². The van der Waals surface area contributed by atoms with Crippen molar-refractivity contribution in [1.82, 2.24) is 15.0 Å². The molecular formula is C18H24N4O4. The van der Waals surface area contributed by atoms with Crippen molar-refractivity contribution >= 4 is 11.6 Å². The normalized spacial score (nSPS) is 13.0. The first kappa shape index (κ1) is 18.2. The number of ether oxygens (including phenoxy) is 2. The van der Waals surface area contributed by atoms with E-state index < -0.39 is 0 Å². The highest BCUT2D eigenvalue weighted by Crippen LogP contribution is 2.32. The van der Waals surface area contributed by atoms with Crippen molar-refractivity contribution in [3.63, 3.8) is 0 Å². The lowest BCUT2D eigenvalue weighted by Crippen LogP contribution is -2.32. The summed E-state index contributed by atoms with van der Waals surface area (Å²) in [5, 5.41) is 6.83. The second-order valence-electron chi connectivity index (χ2n) is 6.06. The summed E-state index contributed by atoms with van der Waals surface area (Å²) < 4.78 is 16.3. The molecule has 0 aliphatic carbocycles. The molecule has 1 aromatic carbocycles. The molecule has 0 fully saturated rings. The smallest absolute Gasteiger partial charge is 0.240 e. The number of anilines is 1. The van der Waals surface area contributed by atoms with Crippen molar-refractivity contribution in [3.8, 4) is 11.5 Å². The molecule has 8 nitrogen and oxygen atoms in total. The van der Waals surface area contributed by atoms with Crippen LogP contribution in [0.3, 0.4) is 0 Å². The minimum atomic E-state index is -0.114. The van der Waals surface area contributed by atoms with Crippen LogP contribution in [-0.4, -0.2) is 47.3 Å². The SMILES string of the molecule is CCCc1noc(CN(CC)CC(=O)Nc2ccc3c(c2)OCCO3)n1. The average molecular weight is 360 g/mol. The number of fused-ring (bicyclic) bond motifs is 1. The number of rotatable bonds is 8. The largest absolute Gasteiger partial charge is 0.486 e. The maximum atomic E-state index is 12.4. The Morgan fingerprint density at radius 2 is 2.04 bits per heavy atom. The molecule has 0 unspecified atom stereocenters. The van der Waals surface area contributed by atoms with Gasteiger partial charge in [0.25, 0.3) is 0 Å². The summed E-state index contributed by atoms with van der Waals surface area (Å²) in [5.41, 5.74) is 0.679. The first-order valence-electron chi connectivity index (χ1n) is 8.91. The van der Waals surface area contributed by atoms with Crippen LogP contribution in [0.5, 0.6) is 11.5 Å². The zero-order valence-corrected chi connectivity index (χ0v) is 15.2. The van der Waals surface area contributed by atoms with Gasteiger partial charge in [0.2, 0.25) is 11.8 Å². The number of nitrogens with one attached hydrogen (secondary N) is 1. The van der Waals surface area contributed by atoms with E-state index in [1.807, 2.05) is 11.8 Å². The molecule has 0 saturated heterocycles. The molecule has 8 heteroatoms. The molecule has 1 amide bonds. The molecule has 0 spiro atoms. The van der Waals surface area contributed by atoms with E-state index in [0.29, 0.717) is 55.2 Å².